The Hall–Kier alpha value is -1.13. The van der Waals surface area contributed by atoms with E-state index in [0.717, 1.165) is 37.7 Å². The molecular weight excluding hydrogens is 292 g/mol. The molecule has 0 aromatic heterocycles. The molecule has 1 fully saturated rings. The van der Waals surface area contributed by atoms with Gasteiger partial charge in [-0.3, -0.25) is 4.79 Å². The van der Waals surface area contributed by atoms with E-state index in [0.29, 0.717) is 12.8 Å². The van der Waals surface area contributed by atoms with Crippen LogP contribution in [0.25, 0.3) is 0 Å². The molecule has 0 amide bonds. The normalized spacial score (nSPS) is 24.0. The van der Waals surface area contributed by atoms with Crippen LogP contribution < -0.4 is 0 Å². The number of Topliss-reactive ketones (excluding diaryl/α,β-unsaturated/α-hetero) is 1. The first-order valence-corrected chi connectivity index (χ1v) is 8.89. The molecule has 23 heavy (non-hydrogen) atoms. The van der Waals surface area contributed by atoms with Crippen molar-refractivity contribution < 1.29 is 19.4 Å². The summed E-state index contributed by atoms with van der Waals surface area (Å²) in [7, 11) is 0. The summed E-state index contributed by atoms with van der Waals surface area (Å²) in [6.45, 7) is 11.6. The Labute approximate surface area is 140 Å². The van der Waals surface area contributed by atoms with Crippen molar-refractivity contribution >= 4 is 5.78 Å². The van der Waals surface area contributed by atoms with Crippen molar-refractivity contribution in [3.05, 3.63) is 23.5 Å². The highest BCUT2D eigenvalue weighted by molar-refractivity contribution is 5.98. The molecule has 0 spiro atoms. The number of allylic oxidation sites excluding steroid dienone is 1. The van der Waals surface area contributed by atoms with Crippen LogP contribution in [0.4, 0.5) is 0 Å². The molecule has 0 saturated carbocycles. The van der Waals surface area contributed by atoms with Crippen LogP contribution in [0.2, 0.25) is 0 Å². The molecule has 132 valence electrons. The summed E-state index contributed by atoms with van der Waals surface area (Å²) in [5, 5.41) is 10.5. The van der Waals surface area contributed by atoms with Gasteiger partial charge in [0.1, 0.15) is 5.76 Å². The lowest BCUT2D eigenvalue weighted by Crippen LogP contribution is -2.32. The average molecular weight is 324 g/mol. The third-order valence-electron chi connectivity index (χ3n) is 4.32. The third kappa shape index (κ3) is 5.78. The van der Waals surface area contributed by atoms with E-state index in [4.69, 9.17) is 9.47 Å². The SMILES string of the molecule is C=C(C(=O)CC)/C(O)=C(\CC)[C@H](CCC)O[C@H]1CCC[C@H](C)O1. The summed E-state index contributed by atoms with van der Waals surface area (Å²) in [4.78, 5) is 11.8. The minimum Gasteiger partial charge on any atom is -0.507 e. The Morgan fingerprint density at radius 1 is 1.30 bits per heavy atom. The highest BCUT2D eigenvalue weighted by Crippen LogP contribution is 2.28. The molecule has 0 aromatic rings. The summed E-state index contributed by atoms with van der Waals surface area (Å²) in [5.41, 5.74) is 0.937. The van der Waals surface area contributed by atoms with E-state index in [-0.39, 0.29) is 35.6 Å². The zero-order valence-corrected chi connectivity index (χ0v) is 15.1. The zero-order valence-electron chi connectivity index (χ0n) is 15.1. The lowest BCUT2D eigenvalue weighted by Gasteiger charge is -2.32. The van der Waals surface area contributed by atoms with Crippen molar-refractivity contribution in [1.82, 2.24) is 0 Å². The highest BCUT2D eigenvalue weighted by atomic mass is 16.7. The topological polar surface area (TPSA) is 55.8 Å². The Morgan fingerprint density at radius 3 is 2.52 bits per heavy atom. The first-order chi connectivity index (χ1) is 10.9. The number of ketones is 1. The van der Waals surface area contributed by atoms with Crippen molar-refractivity contribution in [2.75, 3.05) is 0 Å². The maximum absolute atomic E-state index is 11.8. The monoisotopic (exact) mass is 324 g/mol. The third-order valence-corrected chi connectivity index (χ3v) is 4.32. The van der Waals surface area contributed by atoms with E-state index in [1.165, 1.54) is 0 Å². The quantitative estimate of drug-likeness (QED) is 0.374. The second kappa shape index (κ2) is 9.89. The van der Waals surface area contributed by atoms with Gasteiger partial charge < -0.3 is 14.6 Å². The average Bonchev–Trinajstić information content (AvgIpc) is 2.54. The molecule has 0 aliphatic carbocycles. The summed E-state index contributed by atoms with van der Waals surface area (Å²) < 4.78 is 12.0. The molecule has 0 unspecified atom stereocenters. The number of carbonyl (C=O) groups excluding carboxylic acids is 1. The van der Waals surface area contributed by atoms with Gasteiger partial charge in [-0.15, -0.1) is 0 Å². The Bertz CT molecular complexity index is 439. The number of aliphatic hydroxyl groups excluding tert-OH is 1. The smallest absolute Gasteiger partial charge is 0.165 e. The molecule has 1 N–H and O–H groups in total. The van der Waals surface area contributed by atoms with Gasteiger partial charge in [0, 0.05) is 12.0 Å². The molecule has 1 aliphatic rings. The van der Waals surface area contributed by atoms with Gasteiger partial charge >= 0.3 is 0 Å². The van der Waals surface area contributed by atoms with Crippen molar-refractivity contribution in [1.29, 1.82) is 0 Å². The molecule has 0 aromatic carbocycles. The molecule has 1 aliphatic heterocycles. The molecule has 1 rings (SSSR count). The van der Waals surface area contributed by atoms with E-state index in [2.05, 4.69) is 20.4 Å². The van der Waals surface area contributed by atoms with Gasteiger partial charge in [-0.1, -0.05) is 33.8 Å². The molecule has 0 radical (unpaired) electrons. The van der Waals surface area contributed by atoms with E-state index in [1.807, 2.05) is 6.92 Å². The van der Waals surface area contributed by atoms with Crippen LogP contribution in [0.3, 0.4) is 0 Å². The Balaban J connectivity index is 2.94. The van der Waals surface area contributed by atoms with Crippen molar-refractivity contribution in [3.63, 3.8) is 0 Å². The highest BCUT2D eigenvalue weighted by Gasteiger charge is 2.27. The van der Waals surface area contributed by atoms with Crippen LogP contribution in [0.5, 0.6) is 0 Å². The molecule has 1 saturated heterocycles. The van der Waals surface area contributed by atoms with Gasteiger partial charge in [0.15, 0.2) is 12.1 Å². The van der Waals surface area contributed by atoms with E-state index in [1.54, 1.807) is 6.92 Å². The van der Waals surface area contributed by atoms with Crippen LogP contribution in [0, 0.1) is 0 Å². The van der Waals surface area contributed by atoms with Crippen molar-refractivity contribution in [3.8, 4) is 0 Å². The lowest BCUT2D eigenvalue weighted by molar-refractivity contribution is -0.205. The molecule has 4 nitrogen and oxygen atoms in total. The van der Waals surface area contributed by atoms with Gasteiger partial charge in [0.05, 0.1) is 17.8 Å². The fraction of sp³-hybridized carbons (Fsp3) is 0.737. The number of hydrogen-bond donors (Lipinski definition) is 1. The minimum atomic E-state index is -0.236. The summed E-state index contributed by atoms with van der Waals surface area (Å²) in [5.74, 6) is -0.132. The van der Waals surface area contributed by atoms with Crippen LogP contribution in [-0.4, -0.2) is 29.4 Å². The predicted octanol–water partition coefficient (Wildman–Crippen LogP) is 4.84. The maximum atomic E-state index is 11.8. The number of hydrogen-bond acceptors (Lipinski definition) is 4. The van der Waals surface area contributed by atoms with Crippen molar-refractivity contribution in [2.24, 2.45) is 0 Å². The van der Waals surface area contributed by atoms with Crippen LogP contribution in [0.15, 0.2) is 23.5 Å². The standard InChI is InChI=1S/C19H32O4/c1-6-10-17(23-18-12-9-11-13(4)22-18)15(7-2)19(21)14(5)16(20)8-3/h13,17-18,21H,5-12H2,1-4H3/b19-15-/t13-,17-,18-/m0/s1. The number of ether oxygens (including phenoxy) is 2. The fourth-order valence-electron chi connectivity index (χ4n) is 2.92. The minimum absolute atomic E-state index is 0.00154. The molecule has 0 bridgehead atoms. The number of rotatable bonds is 9. The van der Waals surface area contributed by atoms with Gasteiger partial charge in [0.2, 0.25) is 0 Å². The maximum Gasteiger partial charge on any atom is 0.165 e. The molecular formula is C19H32O4. The summed E-state index contributed by atoms with van der Waals surface area (Å²) in [6.07, 6.45) is 5.42. The summed E-state index contributed by atoms with van der Waals surface area (Å²) in [6, 6.07) is 0. The second-order valence-electron chi connectivity index (χ2n) is 6.20. The largest absolute Gasteiger partial charge is 0.507 e. The van der Waals surface area contributed by atoms with E-state index in [9.17, 15) is 9.90 Å². The van der Waals surface area contributed by atoms with Gasteiger partial charge in [-0.25, -0.2) is 0 Å². The van der Waals surface area contributed by atoms with Crippen LogP contribution in [-0.2, 0) is 14.3 Å². The first kappa shape index (κ1) is 19.9. The van der Waals surface area contributed by atoms with Gasteiger partial charge in [-0.05, 0) is 39.0 Å². The van der Waals surface area contributed by atoms with Gasteiger partial charge in [0.25, 0.3) is 0 Å². The molecule has 3 atom stereocenters. The first-order valence-electron chi connectivity index (χ1n) is 8.89. The fourth-order valence-corrected chi connectivity index (χ4v) is 2.92. The Morgan fingerprint density at radius 2 is 2.00 bits per heavy atom. The second-order valence-corrected chi connectivity index (χ2v) is 6.20. The molecule has 4 heteroatoms. The van der Waals surface area contributed by atoms with Crippen LogP contribution in [0.1, 0.15) is 72.6 Å². The van der Waals surface area contributed by atoms with E-state index < -0.39 is 0 Å². The van der Waals surface area contributed by atoms with Crippen molar-refractivity contribution in [2.45, 2.75) is 91.1 Å². The Kier molecular flexibility index (Phi) is 8.56. The van der Waals surface area contributed by atoms with Gasteiger partial charge in [-0.2, -0.15) is 0 Å². The number of aliphatic hydroxyl groups is 1. The summed E-state index contributed by atoms with van der Waals surface area (Å²) >= 11 is 0. The number of carbonyl (C=O) groups is 1. The molecule has 1 heterocycles. The zero-order chi connectivity index (χ0) is 17.4. The lowest BCUT2D eigenvalue weighted by atomic mass is 9.96. The van der Waals surface area contributed by atoms with E-state index >= 15 is 0 Å². The van der Waals surface area contributed by atoms with Crippen LogP contribution >= 0.6 is 0 Å². The predicted molar refractivity (Wildman–Crippen MR) is 92.4 cm³/mol.